The molecule has 0 unspecified atom stereocenters. The maximum absolute atomic E-state index is 13.2. The Hall–Kier alpha value is -1.72. The van der Waals surface area contributed by atoms with Gasteiger partial charge < -0.3 is 4.57 Å². The SMILES string of the molecule is CC(C)C.CCCc1nc(C(F)F)c(C(C)(C)C)n1CCC.Cc1cnn2c1CCCC2. The number of rotatable bonds is 5. The molecule has 4 nitrogen and oxygen atoms in total. The van der Waals surface area contributed by atoms with Crippen LogP contribution in [0.2, 0.25) is 0 Å². The summed E-state index contributed by atoms with van der Waals surface area (Å²) >= 11 is 0. The molecule has 184 valence electrons. The van der Waals surface area contributed by atoms with Gasteiger partial charge in [0.15, 0.2) is 0 Å². The third kappa shape index (κ3) is 8.32. The second-order valence-electron chi connectivity index (χ2n) is 10.4. The lowest BCUT2D eigenvalue weighted by atomic mass is 9.90. The molecule has 3 heterocycles. The molecular weight excluding hydrogens is 406 g/mol. The molecule has 1 aliphatic rings. The van der Waals surface area contributed by atoms with Crippen molar-refractivity contribution in [3.63, 3.8) is 0 Å². The van der Waals surface area contributed by atoms with Crippen LogP contribution in [-0.2, 0) is 31.3 Å². The van der Waals surface area contributed by atoms with Gasteiger partial charge in [0.2, 0.25) is 0 Å². The van der Waals surface area contributed by atoms with E-state index in [1.807, 2.05) is 38.5 Å². The van der Waals surface area contributed by atoms with Crippen molar-refractivity contribution in [2.45, 2.75) is 126 Å². The molecular formula is C26H46F2N4. The van der Waals surface area contributed by atoms with Gasteiger partial charge in [0.05, 0.1) is 11.9 Å². The smallest absolute Gasteiger partial charge is 0.282 e. The van der Waals surface area contributed by atoms with Crippen molar-refractivity contribution in [2.24, 2.45) is 5.92 Å². The maximum Gasteiger partial charge on any atom is 0.282 e. The van der Waals surface area contributed by atoms with Crippen molar-refractivity contribution in [3.8, 4) is 0 Å². The van der Waals surface area contributed by atoms with Crippen LogP contribution >= 0.6 is 0 Å². The minimum Gasteiger partial charge on any atom is -0.331 e. The Morgan fingerprint density at radius 1 is 1.06 bits per heavy atom. The number of hydrogen-bond acceptors (Lipinski definition) is 2. The fourth-order valence-electron chi connectivity index (χ4n) is 3.92. The highest BCUT2D eigenvalue weighted by atomic mass is 19.3. The Morgan fingerprint density at radius 2 is 1.69 bits per heavy atom. The average Bonchev–Trinajstić information content (AvgIpc) is 3.24. The van der Waals surface area contributed by atoms with Gasteiger partial charge in [-0.2, -0.15) is 5.10 Å². The molecule has 0 amide bonds. The summed E-state index contributed by atoms with van der Waals surface area (Å²) in [5.41, 5.74) is 3.17. The summed E-state index contributed by atoms with van der Waals surface area (Å²) in [7, 11) is 0. The predicted octanol–water partition coefficient (Wildman–Crippen LogP) is 7.67. The van der Waals surface area contributed by atoms with Crippen LogP contribution in [0.4, 0.5) is 8.78 Å². The Bertz CT molecular complexity index is 795. The zero-order chi connectivity index (χ0) is 24.5. The predicted molar refractivity (Wildman–Crippen MR) is 131 cm³/mol. The number of aromatic nitrogens is 4. The van der Waals surface area contributed by atoms with Crippen molar-refractivity contribution >= 4 is 0 Å². The highest BCUT2D eigenvalue weighted by Crippen LogP contribution is 2.33. The van der Waals surface area contributed by atoms with E-state index >= 15 is 0 Å². The lowest BCUT2D eigenvalue weighted by molar-refractivity contribution is 0.143. The second-order valence-corrected chi connectivity index (χ2v) is 10.4. The second kappa shape index (κ2) is 13.1. The first-order valence-corrected chi connectivity index (χ1v) is 12.3. The first kappa shape index (κ1) is 28.3. The molecule has 2 aromatic heterocycles. The molecule has 32 heavy (non-hydrogen) atoms. The Morgan fingerprint density at radius 3 is 2.16 bits per heavy atom. The van der Waals surface area contributed by atoms with E-state index in [0.717, 1.165) is 44.1 Å². The van der Waals surface area contributed by atoms with Crippen LogP contribution in [0.3, 0.4) is 0 Å². The highest BCUT2D eigenvalue weighted by Gasteiger charge is 2.30. The largest absolute Gasteiger partial charge is 0.331 e. The Balaban J connectivity index is 0.000000303. The summed E-state index contributed by atoms with van der Waals surface area (Å²) < 4.78 is 30.5. The zero-order valence-corrected chi connectivity index (χ0v) is 21.9. The topological polar surface area (TPSA) is 35.6 Å². The van der Waals surface area contributed by atoms with Crippen LogP contribution in [0.15, 0.2) is 6.20 Å². The molecule has 0 fully saturated rings. The van der Waals surface area contributed by atoms with Crippen molar-refractivity contribution in [1.82, 2.24) is 19.3 Å². The number of alkyl halides is 2. The van der Waals surface area contributed by atoms with Gasteiger partial charge in [-0.1, -0.05) is 55.4 Å². The lowest BCUT2D eigenvalue weighted by Gasteiger charge is -2.23. The number of nitrogens with zero attached hydrogens (tertiary/aromatic N) is 4. The van der Waals surface area contributed by atoms with E-state index in [1.165, 1.54) is 30.5 Å². The quantitative estimate of drug-likeness (QED) is 0.466. The summed E-state index contributed by atoms with van der Waals surface area (Å²) in [4.78, 5) is 4.20. The maximum atomic E-state index is 13.2. The minimum absolute atomic E-state index is 0.0283. The molecule has 0 aromatic carbocycles. The standard InChI is InChI=1S/C14H24F2N2.C8H12N2.C4H10/c1-6-8-10-17-11(13(15)16)12(14(3,4)5)18(10)9-7-2;1-7-6-9-10-5-3-2-4-8(7)10;1-4(2)3/h13H,6-9H2,1-5H3;6H,2-5H2,1H3;4H,1-3H3. The van der Waals surface area contributed by atoms with Gasteiger partial charge >= 0.3 is 0 Å². The number of imidazole rings is 1. The molecule has 0 spiro atoms. The molecule has 1 aliphatic heterocycles. The minimum atomic E-state index is -2.49. The van der Waals surface area contributed by atoms with E-state index in [4.69, 9.17) is 0 Å². The first-order valence-electron chi connectivity index (χ1n) is 12.3. The van der Waals surface area contributed by atoms with Crippen molar-refractivity contribution in [3.05, 3.63) is 34.7 Å². The third-order valence-corrected chi connectivity index (χ3v) is 5.10. The third-order valence-electron chi connectivity index (χ3n) is 5.10. The van der Waals surface area contributed by atoms with E-state index in [-0.39, 0.29) is 11.1 Å². The number of halogens is 2. The van der Waals surface area contributed by atoms with Crippen molar-refractivity contribution in [1.29, 1.82) is 0 Å². The molecule has 0 saturated heterocycles. The summed E-state index contributed by atoms with van der Waals surface area (Å²) in [5, 5.41) is 4.27. The van der Waals surface area contributed by atoms with Crippen LogP contribution in [0.1, 0.15) is 116 Å². The average molecular weight is 453 g/mol. The van der Waals surface area contributed by atoms with Crippen LogP contribution in [0.25, 0.3) is 0 Å². The summed E-state index contributed by atoms with van der Waals surface area (Å²) in [6.07, 6.45) is 5.96. The van der Waals surface area contributed by atoms with Gasteiger partial charge in [-0.3, -0.25) is 4.68 Å². The molecule has 0 saturated carbocycles. The van der Waals surface area contributed by atoms with Gasteiger partial charge in [0, 0.05) is 30.6 Å². The van der Waals surface area contributed by atoms with Crippen LogP contribution < -0.4 is 0 Å². The number of fused-ring (bicyclic) bond motifs is 1. The molecule has 0 radical (unpaired) electrons. The van der Waals surface area contributed by atoms with E-state index in [0.29, 0.717) is 5.69 Å². The van der Waals surface area contributed by atoms with Crippen molar-refractivity contribution in [2.75, 3.05) is 0 Å². The lowest BCUT2D eigenvalue weighted by Crippen LogP contribution is -2.21. The van der Waals surface area contributed by atoms with Gasteiger partial charge in [0.25, 0.3) is 6.43 Å². The van der Waals surface area contributed by atoms with Gasteiger partial charge in [-0.05, 0) is 50.5 Å². The number of aryl methyl sites for hydroxylation is 3. The summed E-state index contributed by atoms with van der Waals surface area (Å²) in [5.74, 6) is 1.64. The Kier molecular flexibility index (Phi) is 11.6. The highest BCUT2D eigenvalue weighted by molar-refractivity contribution is 5.26. The molecule has 0 N–H and O–H groups in total. The summed E-state index contributed by atoms with van der Waals surface area (Å²) in [6.45, 7) is 20.6. The molecule has 6 heteroatoms. The van der Waals surface area contributed by atoms with Crippen LogP contribution in [0.5, 0.6) is 0 Å². The summed E-state index contributed by atoms with van der Waals surface area (Å²) in [6, 6.07) is 0. The normalized spacial score (nSPS) is 13.4. The van der Waals surface area contributed by atoms with Crippen molar-refractivity contribution < 1.29 is 8.78 Å². The molecule has 2 aromatic rings. The van der Waals surface area contributed by atoms with Gasteiger partial charge in [-0.25, -0.2) is 13.8 Å². The molecule has 0 aliphatic carbocycles. The first-order chi connectivity index (χ1) is 14.9. The van der Waals surface area contributed by atoms with Crippen LogP contribution in [0, 0.1) is 12.8 Å². The number of hydrogen-bond donors (Lipinski definition) is 0. The monoisotopic (exact) mass is 452 g/mol. The molecule has 3 rings (SSSR count). The molecule has 0 atom stereocenters. The van der Waals surface area contributed by atoms with Gasteiger partial charge in [-0.15, -0.1) is 0 Å². The fraction of sp³-hybridized carbons (Fsp3) is 0.769. The van der Waals surface area contributed by atoms with E-state index < -0.39 is 6.43 Å². The van der Waals surface area contributed by atoms with E-state index in [2.05, 4.69) is 49.4 Å². The molecule has 0 bridgehead atoms. The van der Waals surface area contributed by atoms with E-state index in [9.17, 15) is 8.78 Å². The Labute approximate surface area is 194 Å². The van der Waals surface area contributed by atoms with Crippen LogP contribution in [-0.4, -0.2) is 19.3 Å². The van der Waals surface area contributed by atoms with E-state index in [1.54, 1.807) is 0 Å². The van der Waals surface area contributed by atoms with Gasteiger partial charge in [0.1, 0.15) is 11.5 Å². The zero-order valence-electron chi connectivity index (χ0n) is 21.9. The fourth-order valence-corrected chi connectivity index (χ4v) is 3.92.